The number of carbonyl (C=O) groups is 1. The molecule has 2 aromatic rings. The molecule has 0 aliphatic carbocycles. The molecule has 0 heterocycles. The summed E-state index contributed by atoms with van der Waals surface area (Å²) >= 11 is 0. The lowest BCUT2D eigenvalue weighted by Gasteiger charge is -2.18. The highest BCUT2D eigenvalue weighted by Gasteiger charge is 2.05. The van der Waals surface area contributed by atoms with Gasteiger partial charge < -0.3 is 15.4 Å². The van der Waals surface area contributed by atoms with E-state index in [2.05, 4.69) is 46.3 Å². The summed E-state index contributed by atoms with van der Waals surface area (Å²) in [5.74, 6) is 0.0904. The Morgan fingerprint density at radius 1 is 0.893 bits per heavy atom. The molecule has 2 N–H and O–H groups in total. The van der Waals surface area contributed by atoms with Gasteiger partial charge in [-0.25, -0.2) is 4.79 Å². The van der Waals surface area contributed by atoms with Gasteiger partial charge in [-0.3, -0.25) is 4.90 Å². The zero-order valence-corrected chi connectivity index (χ0v) is 16.3. The Bertz CT molecular complexity index is 717. The third-order valence-corrected chi connectivity index (χ3v) is 4.38. The third kappa shape index (κ3) is 7.52. The van der Waals surface area contributed by atoms with Crippen molar-refractivity contribution in [3.05, 3.63) is 65.2 Å². The normalized spacial score (nSPS) is 10.9. The van der Waals surface area contributed by atoms with Crippen LogP contribution in [0.5, 0.6) is 5.75 Å². The highest BCUT2D eigenvalue weighted by Crippen LogP contribution is 2.14. The molecular formula is C21H27F2N3O2. The summed E-state index contributed by atoms with van der Waals surface area (Å²) in [5.41, 5.74) is 3.06. The van der Waals surface area contributed by atoms with Gasteiger partial charge in [0.25, 0.3) is 0 Å². The Balaban J connectivity index is 1.73. The van der Waals surface area contributed by atoms with Crippen LogP contribution < -0.4 is 15.4 Å². The zero-order chi connectivity index (χ0) is 20.4. The topological polar surface area (TPSA) is 53.6 Å². The lowest BCUT2D eigenvalue weighted by molar-refractivity contribution is -0.0498. The molecule has 2 aromatic carbocycles. The standard InChI is InChI=1S/C21H27F2N3O2/c1-3-26(4-2)15-18-7-5-16(6-8-18)13-24-21(27)25-14-17-9-11-19(12-10-17)28-20(22)23/h5-12,20H,3-4,13-15H2,1-2H3,(H2,24,25,27). The molecule has 0 aromatic heterocycles. The van der Waals surface area contributed by atoms with Gasteiger partial charge in [-0.2, -0.15) is 8.78 Å². The Labute approximate surface area is 164 Å². The van der Waals surface area contributed by atoms with Crippen LogP contribution in [-0.4, -0.2) is 30.6 Å². The number of alkyl halides is 2. The van der Waals surface area contributed by atoms with Crippen molar-refractivity contribution >= 4 is 6.03 Å². The van der Waals surface area contributed by atoms with E-state index in [4.69, 9.17) is 0 Å². The van der Waals surface area contributed by atoms with Crippen LogP contribution in [0.1, 0.15) is 30.5 Å². The second-order valence-electron chi connectivity index (χ2n) is 6.34. The average Bonchev–Trinajstić information content (AvgIpc) is 2.70. The van der Waals surface area contributed by atoms with Crippen LogP contribution >= 0.6 is 0 Å². The number of ether oxygens (including phenoxy) is 1. The lowest BCUT2D eigenvalue weighted by atomic mass is 10.1. The van der Waals surface area contributed by atoms with Crippen LogP contribution in [0, 0.1) is 0 Å². The molecule has 0 saturated carbocycles. The second-order valence-corrected chi connectivity index (χ2v) is 6.34. The SMILES string of the molecule is CCN(CC)Cc1ccc(CNC(=O)NCc2ccc(OC(F)F)cc2)cc1. The molecule has 0 radical (unpaired) electrons. The van der Waals surface area contributed by atoms with E-state index >= 15 is 0 Å². The molecule has 28 heavy (non-hydrogen) atoms. The number of hydrogen-bond donors (Lipinski definition) is 2. The van der Waals surface area contributed by atoms with E-state index in [9.17, 15) is 13.6 Å². The van der Waals surface area contributed by atoms with Gasteiger partial charge >= 0.3 is 12.6 Å². The van der Waals surface area contributed by atoms with Crippen molar-refractivity contribution in [1.29, 1.82) is 0 Å². The summed E-state index contributed by atoms with van der Waals surface area (Å²) < 4.78 is 28.5. The number of hydrogen-bond acceptors (Lipinski definition) is 3. The van der Waals surface area contributed by atoms with Gasteiger partial charge in [0.2, 0.25) is 0 Å². The minimum Gasteiger partial charge on any atom is -0.435 e. The predicted octanol–water partition coefficient (Wildman–Crippen LogP) is 4.13. The van der Waals surface area contributed by atoms with Gasteiger partial charge in [-0.15, -0.1) is 0 Å². The molecule has 0 unspecified atom stereocenters. The number of carbonyl (C=O) groups excluding carboxylic acids is 1. The molecule has 152 valence electrons. The number of benzene rings is 2. The first-order valence-corrected chi connectivity index (χ1v) is 9.35. The minimum absolute atomic E-state index is 0.0904. The first-order valence-electron chi connectivity index (χ1n) is 9.35. The van der Waals surface area contributed by atoms with Crippen molar-refractivity contribution in [1.82, 2.24) is 15.5 Å². The number of amides is 2. The molecule has 0 aliphatic heterocycles. The van der Waals surface area contributed by atoms with Crippen LogP contribution in [0.15, 0.2) is 48.5 Å². The van der Waals surface area contributed by atoms with Crippen molar-refractivity contribution in [2.75, 3.05) is 13.1 Å². The third-order valence-electron chi connectivity index (χ3n) is 4.38. The molecule has 0 spiro atoms. The lowest BCUT2D eigenvalue weighted by Crippen LogP contribution is -2.34. The largest absolute Gasteiger partial charge is 0.435 e. The van der Waals surface area contributed by atoms with Crippen LogP contribution in [0.25, 0.3) is 0 Å². The van der Waals surface area contributed by atoms with Gasteiger partial charge in [0.15, 0.2) is 0 Å². The fraction of sp³-hybridized carbons (Fsp3) is 0.381. The van der Waals surface area contributed by atoms with Gasteiger partial charge in [0, 0.05) is 19.6 Å². The Kier molecular flexibility index (Phi) is 8.68. The molecule has 0 saturated heterocycles. The fourth-order valence-corrected chi connectivity index (χ4v) is 2.68. The Morgan fingerprint density at radius 3 is 1.82 bits per heavy atom. The van der Waals surface area contributed by atoms with Gasteiger partial charge in [0.1, 0.15) is 5.75 Å². The zero-order valence-electron chi connectivity index (χ0n) is 16.3. The van der Waals surface area contributed by atoms with Crippen molar-refractivity contribution in [3.8, 4) is 5.75 Å². The number of nitrogens with zero attached hydrogens (tertiary/aromatic N) is 1. The van der Waals surface area contributed by atoms with Crippen molar-refractivity contribution in [2.45, 2.75) is 40.1 Å². The minimum atomic E-state index is -2.85. The van der Waals surface area contributed by atoms with Crippen molar-refractivity contribution in [2.24, 2.45) is 0 Å². The van der Waals surface area contributed by atoms with Gasteiger partial charge in [-0.05, 0) is 41.9 Å². The van der Waals surface area contributed by atoms with Gasteiger partial charge in [0.05, 0.1) is 0 Å². The Morgan fingerprint density at radius 2 is 1.36 bits per heavy atom. The van der Waals surface area contributed by atoms with Crippen molar-refractivity contribution < 1.29 is 18.3 Å². The van der Waals surface area contributed by atoms with E-state index in [0.29, 0.717) is 13.1 Å². The van der Waals surface area contributed by atoms with E-state index < -0.39 is 6.61 Å². The summed E-state index contributed by atoms with van der Waals surface area (Å²) in [6.45, 7) is 5.12. The summed E-state index contributed by atoms with van der Waals surface area (Å²) in [4.78, 5) is 14.3. The maximum absolute atomic E-state index is 12.1. The quantitative estimate of drug-likeness (QED) is 0.640. The first-order chi connectivity index (χ1) is 13.5. The molecule has 0 bridgehead atoms. The number of nitrogens with one attached hydrogen (secondary N) is 2. The van der Waals surface area contributed by atoms with Gasteiger partial charge in [-0.1, -0.05) is 50.2 Å². The average molecular weight is 391 g/mol. The van der Waals surface area contributed by atoms with E-state index in [1.807, 2.05) is 12.1 Å². The van der Waals surface area contributed by atoms with Crippen molar-refractivity contribution in [3.63, 3.8) is 0 Å². The molecule has 0 aliphatic rings. The highest BCUT2D eigenvalue weighted by atomic mass is 19.3. The van der Waals surface area contributed by atoms with Crippen LogP contribution in [0.4, 0.5) is 13.6 Å². The molecule has 7 heteroatoms. The summed E-state index contributed by atoms with van der Waals surface area (Å²) in [5, 5.41) is 5.54. The van der Waals surface area contributed by atoms with E-state index in [-0.39, 0.29) is 11.8 Å². The van der Waals surface area contributed by atoms with Crippen LogP contribution in [-0.2, 0) is 19.6 Å². The number of halogens is 2. The monoisotopic (exact) mass is 391 g/mol. The van der Waals surface area contributed by atoms with Crippen LogP contribution in [0.2, 0.25) is 0 Å². The summed E-state index contributed by atoms with van der Waals surface area (Å²) in [6.07, 6.45) is 0. The maximum Gasteiger partial charge on any atom is 0.387 e. The Hall–Kier alpha value is -2.67. The first kappa shape index (κ1) is 21.6. The second kappa shape index (κ2) is 11.2. The van der Waals surface area contributed by atoms with E-state index in [1.165, 1.54) is 17.7 Å². The highest BCUT2D eigenvalue weighted by molar-refractivity contribution is 5.73. The molecule has 5 nitrogen and oxygen atoms in total. The molecular weight excluding hydrogens is 364 g/mol. The summed E-state index contributed by atoms with van der Waals surface area (Å²) in [6, 6.07) is 14.1. The smallest absolute Gasteiger partial charge is 0.387 e. The predicted molar refractivity (Wildman–Crippen MR) is 105 cm³/mol. The number of urea groups is 1. The maximum atomic E-state index is 12.1. The fourth-order valence-electron chi connectivity index (χ4n) is 2.68. The molecule has 2 rings (SSSR count). The molecule has 2 amide bonds. The number of rotatable bonds is 10. The molecule has 0 fully saturated rings. The van der Waals surface area contributed by atoms with E-state index in [1.54, 1.807) is 12.1 Å². The summed E-state index contributed by atoms with van der Waals surface area (Å²) in [7, 11) is 0. The van der Waals surface area contributed by atoms with E-state index in [0.717, 1.165) is 30.8 Å². The van der Waals surface area contributed by atoms with Crippen LogP contribution in [0.3, 0.4) is 0 Å². The molecule has 0 atom stereocenters.